The third-order valence-corrected chi connectivity index (χ3v) is 6.58. The maximum Gasteiger partial charge on any atom is 0.243 e. The molecule has 3 rings (SSSR count). The molecule has 130 valence electrons. The van der Waals surface area contributed by atoms with Gasteiger partial charge in [-0.3, -0.25) is 9.59 Å². The molecule has 1 aromatic rings. The molecular formula is C18H25N3O2S. The molecule has 2 atom stereocenters. The maximum atomic E-state index is 12.7. The van der Waals surface area contributed by atoms with Crippen LogP contribution < -0.4 is 10.2 Å². The third-order valence-electron chi connectivity index (χ3n) is 5.08. The van der Waals surface area contributed by atoms with Crippen LogP contribution in [0.5, 0.6) is 0 Å². The number of fused-ring (bicyclic) bond motifs is 1. The van der Waals surface area contributed by atoms with Crippen molar-refractivity contribution in [1.82, 2.24) is 10.2 Å². The molecule has 2 amide bonds. The van der Waals surface area contributed by atoms with E-state index in [0.29, 0.717) is 18.7 Å². The molecule has 6 heteroatoms. The third kappa shape index (κ3) is 2.99. The van der Waals surface area contributed by atoms with Crippen LogP contribution in [0.1, 0.15) is 32.3 Å². The van der Waals surface area contributed by atoms with Crippen molar-refractivity contribution in [3.05, 3.63) is 29.8 Å². The smallest absolute Gasteiger partial charge is 0.243 e. The maximum absolute atomic E-state index is 12.7. The molecular weight excluding hydrogens is 322 g/mol. The van der Waals surface area contributed by atoms with Gasteiger partial charge in [-0.05, 0) is 31.9 Å². The summed E-state index contributed by atoms with van der Waals surface area (Å²) < 4.78 is 0. The van der Waals surface area contributed by atoms with Gasteiger partial charge < -0.3 is 15.1 Å². The minimum atomic E-state index is -0.342. The molecule has 24 heavy (non-hydrogen) atoms. The number of benzene rings is 1. The molecule has 2 heterocycles. The number of thioether (sulfide) groups is 1. The quantitative estimate of drug-likeness (QED) is 0.887. The summed E-state index contributed by atoms with van der Waals surface area (Å²) in [6, 6.07) is 7.76. The topological polar surface area (TPSA) is 52.7 Å². The number of carbonyl (C=O) groups is 2. The standard InChI is InChI=1S/C18H25N3O2S/c1-4-20(3)14-8-6-5-7-13(14)11-19-17(23)15-12-24-18(2)10-9-16(22)21(15)18/h5-8,15H,4,9-12H2,1-3H3,(H,19,23)/t15-,18+/m0/s1. The van der Waals surface area contributed by atoms with Gasteiger partial charge in [0, 0.05) is 38.0 Å². The minimum Gasteiger partial charge on any atom is -0.375 e. The summed E-state index contributed by atoms with van der Waals surface area (Å²) in [5, 5.41) is 3.04. The highest BCUT2D eigenvalue weighted by molar-refractivity contribution is 8.01. The van der Waals surface area contributed by atoms with Gasteiger partial charge in [-0.2, -0.15) is 0 Å². The SMILES string of the molecule is CCN(C)c1ccccc1CNC(=O)[C@@H]1CS[C@]2(C)CCC(=O)N12. The number of hydrogen-bond acceptors (Lipinski definition) is 4. The lowest BCUT2D eigenvalue weighted by molar-refractivity contribution is -0.138. The highest BCUT2D eigenvalue weighted by Crippen LogP contribution is 2.47. The van der Waals surface area contributed by atoms with E-state index in [1.54, 1.807) is 16.7 Å². The molecule has 0 spiro atoms. The monoisotopic (exact) mass is 347 g/mol. The summed E-state index contributed by atoms with van der Waals surface area (Å²) >= 11 is 1.72. The van der Waals surface area contributed by atoms with E-state index in [9.17, 15) is 9.59 Å². The number of hydrogen-bond donors (Lipinski definition) is 1. The Morgan fingerprint density at radius 2 is 2.21 bits per heavy atom. The zero-order chi connectivity index (χ0) is 17.3. The first-order valence-electron chi connectivity index (χ1n) is 8.49. The van der Waals surface area contributed by atoms with Crippen molar-refractivity contribution in [2.75, 3.05) is 24.2 Å². The molecule has 2 saturated heterocycles. The molecule has 0 radical (unpaired) electrons. The molecule has 0 saturated carbocycles. The number of para-hydroxylation sites is 1. The fourth-order valence-corrected chi connectivity index (χ4v) is 4.95. The van der Waals surface area contributed by atoms with Crippen LogP contribution in [-0.4, -0.2) is 47.0 Å². The fourth-order valence-electron chi connectivity index (χ4n) is 3.52. The summed E-state index contributed by atoms with van der Waals surface area (Å²) in [7, 11) is 2.04. The zero-order valence-electron chi connectivity index (χ0n) is 14.5. The van der Waals surface area contributed by atoms with Crippen molar-refractivity contribution < 1.29 is 9.59 Å². The Morgan fingerprint density at radius 1 is 1.46 bits per heavy atom. The van der Waals surface area contributed by atoms with Gasteiger partial charge in [-0.25, -0.2) is 0 Å². The highest BCUT2D eigenvalue weighted by Gasteiger charge is 2.52. The Kier molecular flexibility index (Phi) is 4.76. The van der Waals surface area contributed by atoms with Gasteiger partial charge in [-0.15, -0.1) is 11.8 Å². The van der Waals surface area contributed by atoms with Crippen LogP contribution in [0.2, 0.25) is 0 Å². The number of nitrogens with one attached hydrogen (secondary N) is 1. The summed E-state index contributed by atoms with van der Waals surface area (Å²) in [5.74, 6) is 0.745. The molecule has 2 fully saturated rings. The normalized spacial score (nSPS) is 25.7. The van der Waals surface area contributed by atoms with Crippen molar-refractivity contribution in [2.45, 2.75) is 44.1 Å². The number of amides is 2. The summed E-state index contributed by atoms with van der Waals surface area (Å²) in [4.78, 5) is 28.6. The van der Waals surface area contributed by atoms with E-state index < -0.39 is 0 Å². The van der Waals surface area contributed by atoms with Crippen molar-refractivity contribution >= 4 is 29.3 Å². The fraction of sp³-hybridized carbons (Fsp3) is 0.556. The van der Waals surface area contributed by atoms with Gasteiger partial charge in [0.1, 0.15) is 6.04 Å². The lowest BCUT2D eigenvalue weighted by Crippen LogP contribution is -2.49. The number of carbonyl (C=O) groups excluding carboxylic acids is 2. The van der Waals surface area contributed by atoms with Crippen LogP contribution in [0.25, 0.3) is 0 Å². The van der Waals surface area contributed by atoms with Crippen molar-refractivity contribution in [3.8, 4) is 0 Å². The lowest BCUT2D eigenvalue weighted by Gasteiger charge is -2.30. The van der Waals surface area contributed by atoms with Crippen molar-refractivity contribution in [1.29, 1.82) is 0 Å². The summed E-state index contributed by atoms with van der Waals surface area (Å²) in [6.07, 6.45) is 1.39. The Balaban J connectivity index is 1.68. The number of anilines is 1. The first kappa shape index (κ1) is 17.1. The molecule has 0 aromatic heterocycles. The molecule has 1 N–H and O–H groups in total. The van der Waals surface area contributed by atoms with E-state index in [4.69, 9.17) is 0 Å². The van der Waals surface area contributed by atoms with Crippen LogP contribution in [0, 0.1) is 0 Å². The molecule has 1 aromatic carbocycles. The van der Waals surface area contributed by atoms with Crippen LogP contribution in [-0.2, 0) is 16.1 Å². The number of nitrogens with zero attached hydrogens (tertiary/aromatic N) is 2. The second-order valence-electron chi connectivity index (χ2n) is 6.63. The predicted molar refractivity (Wildman–Crippen MR) is 98.0 cm³/mol. The Labute approximate surface area is 147 Å². The van der Waals surface area contributed by atoms with E-state index in [-0.39, 0.29) is 22.7 Å². The van der Waals surface area contributed by atoms with Crippen LogP contribution in [0.4, 0.5) is 5.69 Å². The number of rotatable bonds is 5. The Morgan fingerprint density at radius 3 is 2.96 bits per heavy atom. The largest absolute Gasteiger partial charge is 0.375 e. The predicted octanol–water partition coefficient (Wildman–Crippen LogP) is 2.21. The van der Waals surface area contributed by atoms with E-state index in [2.05, 4.69) is 30.1 Å². The van der Waals surface area contributed by atoms with Gasteiger partial charge in [-0.1, -0.05) is 18.2 Å². The van der Waals surface area contributed by atoms with E-state index >= 15 is 0 Å². The first-order valence-corrected chi connectivity index (χ1v) is 9.47. The van der Waals surface area contributed by atoms with E-state index in [0.717, 1.165) is 24.2 Å². The average Bonchev–Trinajstić information content (AvgIpc) is 3.08. The Hall–Kier alpha value is -1.69. The van der Waals surface area contributed by atoms with Gasteiger partial charge in [0.2, 0.25) is 11.8 Å². The lowest BCUT2D eigenvalue weighted by atomic mass is 10.1. The molecule has 5 nitrogen and oxygen atoms in total. The van der Waals surface area contributed by atoms with Crippen LogP contribution in [0.3, 0.4) is 0 Å². The van der Waals surface area contributed by atoms with Crippen LogP contribution in [0.15, 0.2) is 24.3 Å². The second kappa shape index (κ2) is 6.67. The van der Waals surface area contributed by atoms with Gasteiger partial charge >= 0.3 is 0 Å². The highest BCUT2D eigenvalue weighted by atomic mass is 32.2. The molecule has 0 aliphatic carbocycles. The van der Waals surface area contributed by atoms with Gasteiger partial charge in [0.25, 0.3) is 0 Å². The first-order chi connectivity index (χ1) is 11.5. The van der Waals surface area contributed by atoms with Crippen molar-refractivity contribution in [3.63, 3.8) is 0 Å². The molecule has 2 aliphatic rings. The zero-order valence-corrected chi connectivity index (χ0v) is 15.4. The minimum absolute atomic E-state index is 0.0459. The molecule has 0 bridgehead atoms. The van der Waals surface area contributed by atoms with Gasteiger partial charge in [0.15, 0.2) is 0 Å². The summed E-state index contributed by atoms with van der Waals surface area (Å²) in [5.41, 5.74) is 2.22. The molecule has 2 aliphatic heterocycles. The van der Waals surface area contributed by atoms with Gasteiger partial charge in [0.05, 0.1) is 4.87 Å². The van der Waals surface area contributed by atoms with E-state index in [1.165, 1.54) is 0 Å². The van der Waals surface area contributed by atoms with Crippen LogP contribution >= 0.6 is 11.8 Å². The van der Waals surface area contributed by atoms with Crippen molar-refractivity contribution in [2.24, 2.45) is 0 Å². The average molecular weight is 347 g/mol. The van der Waals surface area contributed by atoms with E-state index in [1.807, 2.05) is 25.2 Å². The second-order valence-corrected chi connectivity index (χ2v) is 8.13. The Bertz CT molecular complexity index is 651. The summed E-state index contributed by atoms with van der Waals surface area (Å²) in [6.45, 7) is 5.57. The molecule has 0 unspecified atom stereocenters.